The van der Waals surface area contributed by atoms with Crippen LogP contribution in [-0.2, 0) is 10.2 Å². The largest absolute Gasteiger partial charge is 0.493 e. The molecule has 0 unspecified atom stereocenters. The molecule has 1 heterocycles. The van der Waals surface area contributed by atoms with E-state index < -0.39 is 17.5 Å². The van der Waals surface area contributed by atoms with Crippen molar-refractivity contribution < 1.29 is 24.1 Å². The van der Waals surface area contributed by atoms with Crippen LogP contribution in [0.1, 0.15) is 39.1 Å². The normalized spacial score (nSPS) is 12.7. The summed E-state index contributed by atoms with van der Waals surface area (Å²) in [5, 5.41) is 14.1. The minimum absolute atomic E-state index is 0.154. The van der Waals surface area contributed by atoms with Crippen molar-refractivity contribution in [3.8, 4) is 17.2 Å². The van der Waals surface area contributed by atoms with Crippen molar-refractivity contribution in [1.82, 2.24) is 9.66 Å². The molecule has 1 atom stereocenters. The number of carboxylic acids is 1. The monoisotopic (exact) mass is 531 g/mol. The van der Waals surface area contributed by atoms with Gasteiger partial charge in [-0.1, -0.05) is 36.7 Å². The molecular formula is C24H26BrN3O6. The first-order valence-corrected chi connectivity index (χ1v) is 11.2. The summed E-state index contributed by atoms with van der Waals surface area (Å²) in [7, 11) is 2.86. The van der Waals surface area contributed by atoms with Gasteiger partial charge in [0.2, 0.25) is 5.75 Å². The highest BCUT2D eigenvalue weighted by atomic mass is 79.9. The molecule has 0 bridgehead atoms. The van der Waals surface area contributed by atoms with Gasteiger partial charge in [0.1, 0.15) is 5.82 Å². The van der Waals surface area contributed by atoms with Crippen LogP contribution in [0.4, 0.5) is 0 Å². The number of benzene rings is 2. The summed E-state index contributed by atoms with van der Waals surface area (Å²) in [5.74, 6) is 0.0505. The Bertz CT molecular complexity index is 1300. The van der Waals surface area contributed by atoms with Crippen LogP contribution in [0.3, 0.4) is 0 Å². The fraction of sp³-hybridized carbons (Fsp3) is 0.333. The Morgan fingerprint density at radius 3 is 2.32 bits per heavy atom. The van der Waals surface area contributed by atoms with Gasteiger partial charge in [-0.2, -0.15) is 9.78 Å². The summed E-state index contributed by atoms with van der Waals surface area (Å²) < 4.78 is 18.3. The number of carbonyl (C=O) groups is 1. The lowest BCUT2D eigenvalue weighted by molar-refractivity contribution is -0.144. The lowest BCUT2D eigenvalue weighted by Gasteiger charge is -2.21. The van der Waals surface area contributed by atoms with E-state index >= 15 is 0 Å². The second kappa shape index (κ2) is 9.84. The van der Waals surface area contributed by atoms with Gasteiger partial charge < -0.3 is 19.3 Å². The predicted octanol–water partition coefficient (Wildman–Crippen LogP) is 4.21. The number of rotatable bonds is 7. The van der Waals surface area contributed by atoms with E-state index in [4.69, 9.17) is 19.2 Å². The minimum Gasteiger partial charge on any atom is -0.493 e. The maximum absolute atomic E-state index is 13.3. The van der Waals surface area contributed by atoms with Gasteiger partial charge in [-0.25, -0.2) is 9.78 Å². The highest BCUT2D eigenvalue weighted by Crippen LogP contribution is 2.39. The fourth-order valence-electron chi connectivity index (χ4n) is 3.18. The number of carboxylic acid groups (broad SMARTS) is 1. The summed E-state index contributed by atoms with van der Waals surface area (Å²) in [6.45, 7) is 7.26. The van der Waals surface area contributed by atoms with E-state index in [1.165, 1.54) is 32.0 Å². The first-order valence-electron chi connectivity index (χ1n) is 10.4. The molecule has 1 N–H and O–H groups in total. The molecule has 2 aromatic carbocycles. The van der Waals surface area contributed by atoms with Crippen LogP contribution in [-0.4, -0.2) is 47.3 Å². The van der Waals surface area contributed by atoms with Gasteiger partial charge in [0.05, 0.1) is 31.3 Å². The molecule has 0 amide bonds. The van der Waals surface area contributed by atoms with Crippen molar-refractivity contribution >= 4 is 39.0 Å². The van der Waals surface area contributed by atoms with Crippen LogP contribution >= 0.6 is 15.9 Å². The molecule has 10 heteroatoms. The standard InChI is InChI=1S/C24H26BrN3O6/c1-13(22(30)31)34-20-18(32-5)9-14(10-19(20)33-6)12-26-28-21(29)16-11-15(25)7-8-17(16)27-23(28)24(2,3)4/h7-13H,1-6H3,(H,30,31)/t13-/m1/s1. The molecule has 0 saturated heterocycles. The van der Waals surface area contributed by atoms with Gasteiger partial charge >= 0.3 is 5.97 Å². The number of hydrogen-bond donors (Lipinski definition) is 1. The second-order valence-electron chi connectivity index (χ2n) is 8.56. The Balaban J connectivity index is 2.15. The molecule has 0 saturated carbocycles. The van der Waals surface area contributed by atoms with Gasteiger partial charge in [0.25, 0.3) is 5.56 Å². The van der Waals surface area contributed by atoms with Crippen LogP contribution in [0.15, 0.2) is 44.7 Å². The number of halogens is 1. The van der Waals surface area contributed by atoms with Crippen molar-refractivity contribution in [1.29, 1.82) is 0 Å². The maximum Gasteiger partial charge on any atom is 0.344 e. The van der Waals surface area contributed by atoms with Crippen molar-refractivity contribution in [2.75, 3.05) is 14.2 Å². The lowest BCUT2D eigenvalue weighted by Crippen LogP contribution is -2.29. The molecular weight excluding hydrogens is 506 g/mol. The number of methoxy groups -OCH3 is 2. The Labute approximate surface area is 205 Å². The first kappa shape index (κ1) is 25.2. The average molecular weight is 532 g/mol. The van der Waals surface area contributed by atoms with E-state index in [-0.39, 0.29) is 22.8 Å². The third kappa shape index (κ3) is 5.22. The van der Waals surface area contributed by atoms with E-state index in [9.17, 15) is 14.7 Å². The summed E-state index contributed by atoms with van der Waals surface area (Å²) in [5.41, 5.74) is 0.367. The Kier molecular flexibility index (Phi) is 7.30. The molecule has 0 fully saturated rings. The zero-order chi connectivity index (χ0) is 25.2. The molecule has 34 heavy (non-hydrogen) atoms. The Morgan fingerprint density at radius 2 is 1.79 bits per heavy atom. The van der Waals surface area contributed by atoms with E-state index in [0.717, 1.165) is 4.47 Å². The van der Waals surface area contributed by atoms with E-state index in [1.807, 2.05) is 26.8 Å². The number of fused-ring (bicyclic) bond motifs is 1. The number of hydrogen-bond acceptors (Lipinski definition) is 7. The Morgan fingerprint density at radius 1 is 1.18 bits per heavy atom. The van der Waals surface area contributed by atoms with Crippen LogP contribution in [0.2, 0.25) is 0 Å². The molecule has 0 spiro atoms. The topological polar surface area (TPSA) is 112 Å². The quantitative estimate of drug-likeness (QED) is 0.454. The van der Waals surface area contributed by atoms with E-state index in [2.05, 4.69) is 21.0 Å². The molecule has 9 nitrogen and oxygen atoms in total. The van der Waals surface area contributed by atoms with Gasteiger partial charge in [-0.3, -0.25) is 4.79 Å². The first-order chi connectivity index (χ1) is 16.0. The maximum atomic E-state index is 13.3. The SMILES string of the molecule is COc1cc(C=Nn2c(C(C)(C)C)nc3ccc(Br)cc3c2=O)cc(OC)c1O[C@H](C)C(=O)O. The smallest absolute Gasteiger partial charge is 0.344 e. The van der Waals surface area contributed by atoms with Crippen LogP contribution in [0.25, 0.3) is 10.9 Å². The van der Waals surface area contributed by atoms with Crippen molar-refractivity contribution in [2.45, 2.75) is 39.2 Å². The predicted molar refractivity (Wildman–Crippen MR) is 133 cm³/mol. The van der Waals surface area contributed by atoms with Crippen LogP contribution in [0.5, 0.6) is 17.2 Å². The second-order valence-corrected chi connectivity index (χ2v) is 9.48. The number of ether oxygens (including phenoxy) is 3. The summed E-state index contributed by atoms with van der Waals surface area (Å²) in [4.78, 5) is 29.2. The highest BCUT2D eigenvalue weighted by Gasteiger charge is 2.23. The summed E-state index contributed by atoms with van der Waals surface area (Å²) >= 11 is 3.40. The number of nitrogens with zero attached hydrogens (tertiary/aromatic N) is 3. The average Bonchev–Trinajstić information content (AvgIpc) is 2.78. The van der Waals surface area contributed by atoms with Crippen molar-refractivity contribution in [2.24, 2.45) is 5.10 Å². The zero-order valence-electron chi connectivity index (χ0n) is 19.7. The third-order valence-corrected chi connectivity index (χ3v) is 5.42. The van der Waals surface area contributed by atoms with Crippen LogP contribution in [0, 0.1) is 0 Å². The lowest BCUT2D eigenvalue weighted by atomic mass is 9.95. The Hall–Kier alpha value is -3.40. The van der Waals surface area contributed by atoms with E-state index in [0.29, 0.717) is 22.3 Å². The molecule has 1 aromatic heterocycles. The van der Waals surface area contributed by atoms with Crippen LogP contribution < -0.4 is 19.8 Å². The highest BCUT2D eigenvalue weighted by molar-refractivity contribution is 9.10. The number of aliphatic carboxylic acids is 1. The van der Waals surface area contributed by atoms with Crippen molar-refractivity contribution in [3.63, 3.8) is 0 Å². The molecule has 0 radical (unpaired) electrons. The zero-order valence-corrected chi connectivity index (χ0v) is 21.3. The summed E-state index contributed by atoms with van der Waals surface area (Å²) in [6, 6.07) is 8.56. The van der Waals surface area contributed by atoms with Gasteiger partial charge in [-0.15, -0.1) is 0 Å². The molecule has 0 aliphatic heterocycles. The van der Waals surface area contributed by atoms with Crippen molar-refractivity contribution in [3.05, 3.63) is 56.5 Å². The molecule has 180 valence electrons. The molecule has 0 aliphatic carbocycles. The number of aromatic nitrogens is 2. The molecule has 3 rings (SSSR count). The minimum atomic E-state index is -1.13. The van der Waals surface area contributed by atoms with Gasteiger partial charge in [0, 0.05) is 15.5 Å². The molecule has 0 aliphatic rings. The van der Waals surface area contributed by atoms with E-state index in [1.54, 1.807) is 24.3 Å². The fourth-order valence-corrected chi connectivity index (χ4v) is 3.54. The summed E-state index contributed by atoms with van der Waals surface area (Å²) in [6.07, 6.45) is 0.371. The third-order valence-electron chi connectivity index (χ3n) is 4.93. The van der Waals surface area contributed by atoms with Gasteiger partial charge in [-0.05, 0) is 37.3 Å². The van der Waals surface area contributed by atoms with Gasteiger partial charge in [0.15, 0.2) is 17.6 Å². The molecule has 3 aromatic rings.